The number of carbonyl (C=O) groups is 2. The van der Waals surface area contributed by atoms with E-state index in [2.05, 4.69) is 25.9 Å². The van der Waals surface area contributed by atoms with Crippen molar-refractivity contribution in [2.75, 3.05) is 16.4 Å². The molecule has 10 heteroatoms. The number of thiophene rings is 1. The third kappa shape index (κ3) is 6.73. The molecule has 1 aliphatic carbocycles. The lowest BCUT2D eigenvalue weighted by Crippen LogP contribution is -2.44. The van der Waals surface area contributed by atoms with E-state index < -0.39 is 6.04 Å². The molecule has 0 saturated heterocycles. The summed E-state index contributed by atoms with van der Waals surface area (Å²) in [5.41, 5.74) is 8.01. The van der Waals surface area contributed by atoms with Crippen molar-refractivity contribution < 1.29 is 9.59 Å². The van der Waals surface area contributed by atoms with E-state index in [1.165, 1.54) is 11.3 Å². The van der Waals surface area contributed by atoms with E-state index in [-0.39, 0.29) is 17.9 Å². The molecule has 3 aromatic rings. The first kappa shape index (κ1) is 25.9. The molecule has 0 radical (unpaired) electrons. The zero-order valence-electron chi connectivity index (χ0n) is 20.4. The molecule has 5 N–H and O–H groups in total. The van der Waals surface area contributed by atoms with Gasteiger partial charge in [0.2, 0.25) is 5.91 Å². The molecule has 3 heterocycles. The number of nitrogen functional groups attached to an aromatic ring is 1. The molecule has 0 aliphatic heterocycles. The van der Waals surface area contributed by atoms with Gasteiger partial charge in [0, 0.05) is 29.0 Å². The van der Waals surface area contributed by atoms with Crippen molar-refractivity contribution in [3.8, 4) is 0 Å². The molecule has 0 spiro atoms. The van der Waals surface area contributed by atoms with Crippen LogP contribution >= 0.6 is 22.9 Å². The maximum absolute atomic E-state index is 13.2. The lowest BCUT2D eigenvalue weighted by atomic mass is 9.97. The van der Waals surface area contributed by atoms with Gasteiger partial charge in [-0.3, -0.25) is 14.6 Å². The average molecular weight is 527 g/mol. The summed E-state index contributed by atoms with van der Waals surface area (Å²) >= 11 is 7.48. The minimum absolute atomic E-state index is 0.0530. The highest BCUT2D eigenvalue weighted by atomic mass is 35.5. The Morgan fingerprint density at radius 3 is 2.72 bits per heavy atom. The fraction of sp³-hybridized carbons (Fsp3) is 0.385. The number of carbonyl (C=O) groups excluding carboxylic acids is 2. The Kier molecular flexibility index (Phi) is 8.43. The molecule has 3 aromatic heterocycles. The van der Waals surface area contributed by atoms with Crippen LogP contribution in [-0.4, -0.2) is 27.8 Å². The zero-order chi connectivity index (χ0) is 25.7. The van der Waals surface area contributed by atoms with Gasteiger partial charge >= 0.3 is 0 Å². The van der Waals surface area contributed by atoms with E-state index in [9.17, 15) is 9.59 Å². The van der Waals surface area contributed by atoms with E-state index in [1.807, 2.05) is 26.0 Å². The van der Waals surface area contributed by atoms with Gasteiger partial charge in [-0.15, -0.1) is 11.3 Å². The normalized spacial score (nSPS) is 15.3. The monoisotopic (exact) mass is 526 g/mol. The summed E-state index contributed by atoms with van der Waals surface area (Å²) < 4.78 is 0. The van der Waals surface area contributed by atoms with Crippen molar-refractivity contribution in [3.05, 3.63) is 63.2 Å². The molecular weight excluding hydrogens is 496 g/mol. The average Bonchev–Trinajstić information content (AvgIpc) is 3.53. The summed E-state index contributed by atoms with van der Waals surface area (Å²) in [5.74, 6) is 0.226. The zero-order valence-corrected chi connectivity index (χ0v) is 22.0. The number of nitrogens with zero attached hydrogens (tertiary/aromatic N) is 2. The third-order valence-electron chi connectivity index (χ3n) is 6.40. The molecule has 4 rings (SSSR count). The minimum atomic E-state index is -0.662. The predicted molar refractivity (Wildman–Crippen MR) is 145 cm³/mol. The maximum atomic E-state index is 13.2. The summed E-state index contributed by atoms with van der Waals surface area (Å²) in [5, 5.41) is 9.74. The molecule has 36 heavy (non-hydrogen) atoms. The highest BCUT2D eigenvalue weighted by Crippen LogP contribution is 2.30. The van der Waals surface area contributed by atoms with E-state index in [0.29, 0.717) is 33.7 Å². The second kappa shape index (κ2) is 11.7. The number of amides is 2. The Morgan fingerprint density at radius 2 is 1.97 bits per heavy atom. The van der Waals surface area contributed by atoms with E-state index in [0.717, 1.165) is 41.9 Å². The second-order valence-electron chi connectivity index (χ2n) is 9.23. The quantitative estimate of drug-likeness (QED) is 0.289. The molecule has 2 amide bonds. The van der Waals surface area contributed by atoms with Gasteiger partial charge < -0.3 is 21.7 Å². The minimum Gasteiger partial charge on any atom is -0.399 e. The van der Waals surface area contributed by atoms with Crippen molar-refractivity contribution in [2.45, 2.75) is 58.0 Å². The molecule has 190 valence electrons. The molecule has 1 fully saturated rings. The van der Waals surface area contributed by atoms with Crippen LogP contribution < -0.4 is 21.7 Å². The number of hydrogen-bond acceptors (Lipinski definition) is 7. The van der Waals surface area contributed by atoms with Crippen LogP contribution in [0.1, 0.15) is 65.3 Å². The number of aromatic nitrogens is 2. The molecule has 2 atom stereocenters. The molecular formula is C26H31ClN6O2S. The highest BCUT2D eigenvalue weighted by Gasteiger charge is 2.28. The summed E-state index contributed by atoms with van der Waals surface area (Å²) in [6.45, 7) is 3.93. The van der Waals surface area contributed by atoms with Crippen LogP contribution in [0.3, 0.4) is 0 Å². The van der Waals surface area contributed by atoms with Crippen LogP contribution in [0.4, 0.5) is 17.2 Å². The molecule has 1 saturated carbocycles. The number of hydrogen-bond donors (Lipinski definition) is 4. The van der Waals surface area contributed by atoms with Crippen LogP contribution in [-0.2, 0) is 4.79 Å². The molecule has 0 unspecified atom stereocenters. The molecule has 0 bridgehead atoms. The van der Waals surface area contributed by atoms with Crippen molar-refractivity contribution in [2.24, 2.45) is 5.92 Å². The Labute approximate surface area is 220 Å². The number of halogens is 1. The van der Waals surface area contributed by atoms with Gasteiger partial charge in [-0.2, -0.15) is 0 Å². The number of nitrogens with two attached hydrogens (primary N) is 1. The van der Waals surface area contributed by atoms with Crippen molar-refractivity contribution in [1.82, 2.24) is 15.3 Å². The van der Waals surface area contributed by atoms with Gasteiger partial charge in [-0.05, 0) is 50.5 Å². The van der Waals surface area contributed by atoms with E-state index >= 15 is 0 Å². The van der Waals surface area contributed by atoms with Crippen LogP contribution in [0.2, 0.25) is 5.02 Å². The van der Waals surface area contributed by atoms with E-state index in [4.69, 9.17) is 17.3 Å². The number of anilines is 3. The predicted octanol–water partition coefficient (Wildman–Crippen LogP) is 5.57. The van der Waals surface area contributed by atoms with Gasteiger partial charge in [0.15, 0.2) is 0 Å². The number of aryl methyl sites for hydroxylation is 1. The first-order valence-corrected chi connectivity index (χ1v) is 13.3. The van der Waals surface area contributed by atoms with Gasteiger partial charge in [-0.1, -0.05) is 37.3 Å². The lowest BCUT2D eigenvalue weighted by molar-refractivity contribution is -0.118. The van der Waals surface area contributed by atoms with Crippen LogP contribution in [0, 0.1) is 12.8 Å². The summed E-state index contributed by atoms with van der Waals surface area (Å²) in [4.78, 5) is 36.3. The van der Waals surface area contributed by atoms with Gasteiger partial charge in [0.1, 0.15) is 11.9 Å². The smallest absolute Gasteiger partial charge is 0.262 e. The SMILES string of the molecule is Cc1ncc(Cl)cc1N[C@@H](C)c1ccc(C(=O)N[C@@H](CC2CCCC2)C(=O)Nc2cc(N)ccn2)s1. The first-order chi connectivity index (χ1) is 17.3. The van der Waals surface area contributed by atoms with Crippen molar-refractivity contribution in [3.63, 3.8) is 0 Å². The van der Waals surface area contributed by atoms with Crippen molar-refractivity contribution >= 4 is 51.9 Å². The molecule has 0 aromatic carbocycles. The maximum Gasteiger partial charge on any atom is 0.262 e. The molecule has 1 aliphatic rings. The van der Waals surface area contributed by atoms with Crippen LogP contribution in [0.25, 0.3) is 0 Å². The molecule has 8 nitrogen and oxygen atoms in total. The number of rotatable bonds is 9. The van der Waals surface area contributed by atoms with Gasteiger partial charge in [-0.25, -0.2) is 4.98 Å². The Bertz CT molecular complexity index is 1230. The number of nitrogens with one attached hydrogen (secondary N) is 3. The fourth-order valence-corrected chi connectivity index (χ4v) is 5.51. The Morgan fingerprint density at radius 1 is 1.19 bits per heavy atom. The topological polar surface area (TPSA) is 122 Å². The highest BCUT2D eigenvalue weighted by molar-refractivity contribution is 7.14. The Balaban J connectivity index is 1.44. The third-order valence-corrected chi connectivity index (χ3v) is 7.88. The van der Waals surface area contributed by atoms with E-state index in [1.54, 1.807) is 30.6 Å². The summed E-state index contributed by atoms with van der Waals surface area (Å²) in [6.07, 6.45) is 8.20. The van der Waals surface area contributed by atoms with Gasteiger partial charge in [0.25, 0.3) is 5.91 Å². The number of pyridine rings is 2. The van der Waals surface area contributed by atoms with Crippen molar-refractivity contribution in [1.29, 1.82) is 0 Å². The summed E-state index contributed by atoms with van der Waals surface area (Å²) in [7, 11) is 0. The fourth-order valence-electron chi connectivity index (χ4n) is 4.43. The Hall–Kier alpha value is -3.17. The standard InChI is InChI=1S/C26H31ClN6O2S/c1-15-20(12-18(27)14-30-15)31-16(2)22-7-8-23(36-22)26(35)32-21(11-17-5-3-4-6-17)25(34)33-24-13-19(28)9-10-29-24/h7-10,12-14,16-17,21,31H,3-6,11H2,1-2H3,(H,32,35)(H3,28,29,33,34)/t16-,21-/m0/s1. The first-order valence-electron chi connectivity index (χ1n) is 12.1. The second-order valence-corrected chi connectivity index (χ2v) is 10.8. The summed E-state index contributed by atoms with van der Waals surface area (Å²) in [6, 6.07) is 8.09. The largest absolute Gasteiger partial charge is 0.399 e. The van der Waals surface area contributed by atoms with Crippen LogP contribution in [0.5, 0.6) is 0 Å². The van der Waals surface area contributed by atoms with Crippen LogP contribution in [0.15, 0.2) is 42.7 Å². The lowest BCUT2D eigenvalue weighted by Gasteiger charge is -2.21. The van der Waals surface area contributed by atoms with Gasteiger partial charge in [0.05, 0.1) is 27.3 Å².